The summed E-state index contributed by atoms with van der Waals surface area (Å²) < 4.78 is 31.6. The van der Waals surface area contributed by atoms with Gasteiger partial charge in [0, 0.05) is 43.2 Å². The van der Waals surface area contributed by atoms with Crippen LogP contribution in [0.15, 0.2) is 61.1 Å². The maximum Gasteiger partial charge on any atom is 0.351 e. The summed E-state index contributed by atoms with van der Waals surface area (Å²) in [6.07, 6.45) is 5.16. The van der Waals surface area contributed by atoms with Crippen LogP contribution in [0.2, 0.25) is 5.02 Å². The van der Waals surface area contributed by atoms with Crippen molar-refractivity contribution in [2.75, 3.05) is 16.8 Å². The number of aromatic nitrogens is 5. The Bertz CT molecular complexity index is 1390. The summed E-state index contributed by atoms with van der Waals surface area (Å²) in [5.41, 5.74) is 1.43. The number of rotatable bonds is 5. The summed E-state index contributed by atoms with van der Waals surface area (Å²) in [7, 11) is 1.79. The highest BCUT2D eigenvalue weighted by atomic mass is 35.5. The van der Waals surface area contributed by atoms with Crippen LogP contribution in [0.3, 0.4) is 0 Å². The highest BCUT2D eigenvalue weighted by Crippen LogP contribution is 2.38. The number of anilines is 3. The van der Waals surface area contributed by atoms with Gasteiger partial charge in [-0.1, -0.05) is 29.8 Å². The summed E-state index contributed by atoms with van der Waals surface area (Å²) in [6, 6.07) is 10.8. The van der Waals surface area contributed by atoms with Gasteiger partial charge in [-0.3, -0.25) is 14.4 Å². The lowest BCUT2D eigenvalue weighted by Gasteiger charge is -2.23. The number of hydrogen-bond donors (Lipinski definition) is 1. The van der Waals surface area contributed by atoms with E-state index in [4.69, 9.17) is 11.6 Å². The minimum Gasteiger partial charge on any atom is -0.309 e. The number of carbonyl (C=O) groups is 1. The van der Waals surface area contributed by atoms with Crippen molar-refractivity contribution in [1.82, 2.24) is 24.7 Å². The third-order valence-electron chi connectivity index (χ3n) is 5.54. The Balaban J connectivity index is 1.41. The van der Waals surface area contributed by atoms with Crippen LogP contribution in [-0.2, 0) is 24.2 Å². The fraction of sp³-hybridized carbons (Fsp3) is 0.174. The molecule has 8 nitrogen and oxygen atoms in total. The van der Waals surface area contributed by atoms with Gasteiger partial charge in [-0.05, 0) is 30.2 Å². The molecule has 0 radical (unpaired) electrons. The van der Waals surface area contributed by atoms with E-state index in [1.54, 1.807) is 42.3 Å². The molecule has 1 aliphatic rings. The molecule has 1 amide bonds. The van der Waals surface area contributed by atoms with Gasteiger partial charge in [0.05, 0.1) is 16.9 Å². The van der Waals surface area contributed by atoms with E-state index in [0.717, 1.165) is 16.8 Å². The van der Waals surface area contributed by atoms with Crippen LogP contribution in [0.4, 0.5) is 26.4 Å². The molecule has 172 valence electrons. The first-order valence-corrected chi connectivity index (χ1v) is 10.7. The lowest BCUT2D eigenvalue weighted by molar-refractivity contribution is -0.143. The van der Waals surface area contributed by atoms with E-state index >= 15 is 0 Å². The van der Waals surface area contributed by atoms with Crippen molar-refractivity contribution in [3.63, 3.8) is 0 Å². The fourth-order valence-electron chi connectivity index (χ4n) is 3.80. The Morgan fingerprint density at radius 1 is 1.15 bits per heavy atom. The molecule has 0 atom stereocenters. The van der Waals surface area contributed by atoms with Gasteiger partial charge in [-0.25, -0.2) is 15.0 Å². The monoisotopic (exact) mass is 481 g/mol. The molecule has 0 bridgehead atoms. The van der Waals surface area contributed by atoms with Crippen molar-refractivity contribution in [2.24, 2.45) is 7.05 Å². The standard InChI is InChI=1S/C23H18ClF2N7O/c1-32-19(7-10-29-32)31-22-27-9-6-18(30-22)15-12-14-8-11-33(20(14)28-13-15)21(34)23(25,26)16-4-2-3-5-17(16)24/h2-7,9-10,12-13H,8,11H2,1H3,(H,27,30,31). The van der Waals surface area contributed by atoms with Crippen molar-refractivity contribution in [3.8, 4) is 11.3 Å². The molecule has 0 fully saturated rings. The molecular formula is C23H18ClF2N7O. The quantitative estimate of drug-likeness (QED) is 0.456. The van der Waals surface area contributed by atoms with Crippen molar-refractivity contribution in [3.05, 3.63) is 77.2 Å². The van der Waals surface area contributed by atoms with E-state index in [0.29, 0.717) is 29.2 Å². The van der Waals surface area contributed by atoms with Gasteiger partial charge in [0.2, 0.25) is 5.95 Å². The summed E-state index contributed by atoms with van der Waals surface area (Å²) >= 11 is 5.93. The molecule has 11 heteroatoms. The maximum atomic E-state index is 15.0. The molecule has 0 aliphatic carbocycles. The Kier molecular flexibility index (Phi) is 5.45. The molecular weight excluding hydrogens is 464 g/mol. The number of amides is 1. The molecule has 5 rings (SSSR count). The minimum atomic E-state index is -3.78. The van der Waals surface area contributed by atoms with Crippen LogP contribution in [0.1, 0.15) is 11.1 Å². The van der Waals surface area contributed by atoms with E-state index in [1.807, 2.05) is 0 Å². The minimum absolute atomic E-state index is 0.0989. The summed E-state index contributed by atoms with van der Waals surface area (Å²) in [5, 5.41) is 7.01. The normalized spacial score (nSPS) is 13.1. The van der Waals surface area contributed by atoms with Gasteiger partial charge < -0.3 is 5.32 Å². The van der Waals surface area contributed by atoms with Crippen molar-refractivity contribution in [1.29, 1.82) is 0 Å². The van der Waals surface area contributed by atoms with Gasteiger partial charge in [0.15, 0.2) is 0 Å². The SMILES string of the molecule is Cn1nccc1Nc1nccc(-c2cnc3c(c2)CCN3C(=O)C(F)(F)c2ccccc2Cl)n1. The second-order valence-corrected chi connectivity index (χ2v) is 8.11. The number of aryl methyl sites for hydroxylation is 1. The summed E-state index contributed by atoms with van der Waals surface area (Å²) in [4.78, 5) is 26.9. The zero-order valence-corrected chi connectivity index (χ0v) is 18.7. The number of halogens is 3. The van der Waals surface area contributed by atoms with Crippen molar-refractivity contribution >= 4 is 35.1 Å². The third kappa shape index (κ3) is 3.86. The zero-order chi connectivity index (χ0) is 23.9. The summed E-state index contributed by atoms with van der Waals surface area (Å²) in [6.45, 7) is 0.0989. The highest BCUT2D eigenvalue weighted by Gasteiger charge is 2.47. The Morgan fingerprint density at radius 2 is 1.97 bits per heavy atom. The molecule has 0 saturated heterocycles. The largest absolute Gasteiger partial charge is 0.351 e. The number of nitrogens with one attached hydrogen (secondary N) is 1. The van der Waals surface area contributed by atoms with Gasteiger partial charge in [0.25, 0.3) is 0 Å². The Labute approximate surface area is 198 Å². The summed E-state index contributed by atoms with van der Waals surface area (Å²) in [5.74, 6) is -3.83. The second-order valence-electron chi connectivity index (χ2n) is 7.70. The number of fused-ring (bicyclic) bond motifs is 1. The number of benzene rings is 1. The van der Waals surface area contributed by atoms with E-state index in [2.05, 4.69) is 25.4 Å². The first kappa shape index (κ1) is 21.9. The van der Waals surface area contributed by atoms with Crippen molar-refractivity contribution in [2.45, 2.75) is 12.3 Å². The van der Waals surface area contributed by atoms with Crippen molar-refractivity contribution < 1.29 is 13.6 Å². The lowest BCUT2D eigenvalue weighted by Crippen LogP contribution is -2.41. The lowest BCUT2D eigenvalue weighted by atomic mass is 10.1. The van der Waals surface area contributed by atoms with Gasteiger partial charge in [0.1, 0.15) is 11.6 Å². The first-order valence-electron chi connectivity index (χ1n) is 10.4. The maximum absolute atomic E-state index is 15.0. The van der Waals surface area contributed by atoms with Gasteiger partial charge in [-0.15, -0.1) is 0 Å². The first-order chi connectivity index (χ1) is 16.3. The van der Waals surface area contributed by atoms with Crippen LogP contribution in [0.25, 0.3) is 11.3 Å². The van der Waals surface area contributed by atoms with Crippen LogP contribution in [0.5, 0.6) is 0 Å². The van der Waals surface area contributed by atoms with E-state index in [-0.39, 0.29) is 17.4 Å². The number of nitrogens with zero attached hydrogens (tertiary/aromatic N) is 6. The van der Waals surface area contributed by atoms with Crippen LogP contribution in [0, 0.1) is 0 Å². The smallest absolute Gasteiger partial charge is 0.309 e. The molecule has 34 heavy (non-hydrogen) atoms. The predicted octanol–water partition coefficient (Wildman–Crippen LogP) is 4.35. The van der Waals surface area contributed by atoms with Crippen LogP contribution >= 0.6 is 11.6 Å². The van der Waals surface area contributed by atoms with Gasteiger partial charge >= 0.3 is 11.8 Å². The molecule has 4 heterocycles. The molecule has 1 aliphatic heterocycles. The Hall–Kier alpha value is -3.92. The number of carbonyl (C=O) groups excluding carboxylic acids is 1. The predicted molar refractivity (Wildman–Crippen MR) is 123 cm³/mol. The van der Waals surface area contributed by atoms with E-state index in [1.165, 1.54) is 24.4 Å². The molecule has 1 N–H and O–H groups in total. The zero-order valence-electron chi connectivity index (χ0n) is 17.9. The fourth-order valence-corrected chi connectivity index (χ4v) is 4.05. The number of hydrogen-bond acceptors (Lipinski definition) is 6. The second kappa shape index (κ2) is 8.45. The van der Waals surface area contributed by atoms with E-state index in [9.17, 15) is 13.6 Å². The third-order valence-corrected chi connectivity index (χ3v) is 5.87. The molecule has 0 saturated carbocycles. The molecule has 4 aromatic rings. The average molecular weight is 482 g/mol. The van der Waals surface area contributed by atoms with Crippen LogP contribution < -0.4 is 10.2 Å². The Morgan fingerprint density at radius 3 is 2.74 bits per heavy atom. The number of alkyl halides is 2. The topological polar surface area (TPSA) is 88.8 Å². The molecule has 0 spiro atoms. The average Bonchev–Trinajstić information content (AvgIpc) is 3.44. The molecule has 3 aromatic heterocycles. The van der Waals surface area contributed by atoms with Gasteiger partial charge in [-0.2, -0.15) is 13.9 Å². The molecule has 1 aromatic carbocycles. The number of pyridine rings is 1. The van der Waals surface area contributed by atoms with Crippen LogP contribution in [-0.4, -0.2) is 37.2 Å². The van der Waals surface area contributed by atoms with E-state index < -0.39 is 17.4 Å². The molecule has 0 unspecified atom stereocenters. The highest BCUT2D eigenvalue weighted by molar-refractivity contribution is 6.31.